The molecule has 3 aromatic rings. The molecular formula is C22H19FOS. The summed E-state index contributed by atoms with van der Waals surface area (Å²) in [4.78, 5) is 13.6. The van der Waals surface area contributed by atoms with Crippen LogP contribution >= 0.6 is 11.8 Å². The number of hydrogen-bond donors (Lipinski definition) is 0. The van der Waals surface area contributed by atoms with Gasteiger partial charge in [0.25, 0.3) is 0 Å². The lowest BCUT2D eigenvalue weighted by Crippen LogP contribution is -2.10. The zero-order valence-corrected chi connectivity index (χ0v) is 15.0. The van der Waals surface area contributed by atoms with Gasteiger partial charge in [-0.3, -0.25) is 4.79 Å². The molecule has 0 aliphatic heterocycles. The monoisotopic (exact) mass is 350 g/mol. The number of carbonyl (C=O) groups excluding carboxylic acids is 1. The van der Waals surface area contributed by atoms with E-state index < -0.39 is 5.25 Å². The van der Waals surface area contributed by atoms with E-state index in [-0.39, 0.29) is 11.6 Å². The Bertz CT molecular complexity index is 869. The summed E-state index contributed by atoms with van der Waals surface area (Å²) in [5.74, 6) is -0.321. The third kappa shape index (κ3) is 4.18. The Balaban J connectivity index is 1.99. The summed E-state index contributed by atoms with van der Waals surface area (Å²) in [6.45, 7) is 3.99. The maximum Gasteiger partial charge on any atom is 0.180 e. The quantitative estimate of drug-likeness (QED) is 0.405. The zero-order valence-electron chi connectivity index (χ0n) is 14.2. The minimum Gasteiger partial charge on any atom is -0.293 e. The van der Waals surface area contributed by atoms with Gasteiger partial charge in [0.15, 0.2) is 5.78 Å². The molecule has 25 heavy (non-hydrogen) atoms. The van der Waals surface area contributed by atoms with Gasteiger partial charge in [0.2, 0.25) is 0 Å². The largest absolute Gasteiger partial charge is 0.293 e. The second-order valence-corrected chi connectivity index (χ2v) is 7.22. The minimum atomic E-state index is -0.486. The number of halogens is 1. The second-order valence-electron chi connectivity index (χ2n) is 6.07. The Kier molecular flexibility index (Phi) is 5.34. The number of carbonyl (C=O) groups is 1. The number of ketones is 1. The van der Waals surface area contributed by atoms with Crippen molar-refractivity contribution in [2.75, 3.05) is 0 Å². The van der Waals surface area contributed by atoms with Crippen LogP contribution in [-0.4, -0.2) is 5.78 Å². The summed E-state index contributed by atoms with van der Waals surface area (Å²) in [5.41, 5.74) is 3.75. The van der Waals surface area contributed by atoms with E-state index >= 15 is 0 Å². The molecule has 0 heterocycles. The molecule has 0 unspecified atom stereocenters. The lowest BCUT2D eigenvalue weighted by atomic mass is 10.0. The van der Waals surface area contributed by atoms with Gasteiger partial charge in [-0.25, -0.2) is 4.39 Å². The molecule has 0 aliphatic carbocycles. The Hall–Kier alpha value is -2.39. The van der Waals surface area contributed by atoms with Crippen molar-refractivity contribution in [3.8, 4) is 0 Å². The predicted molar refractivity (Wildman–Crippen MR) is 102 cm³/mol. The number of rotatable bonds is 5. The van der Waals surface area contributed by atoms with Gasteiger partial charge in [0.05, 0.1) is 5.25 Å². The molecule has 126 valence electrons. The van der Waals surface area contributed by atoms with Crippen LogP contribution in [0.4, 0.5) is 4.39 Å². The van der Waals surface area contributed by atoms with Crippen molar-refractivity contribution in [3.63, 3.8) is 0 Å². The lowest BCUT2D eigenvalue weighted by Gasteiger charge is -2.17. The molecule has 0 aromatic heterocycles. The lowest BCUT2D eigenvalue weighted by molar-refractivity contribution is 0.0989. The molecule has 3 heteroatoms. The summed E-state index contributed by atoms with van der Waals surface area (Å²) < 4.78 is 14.1. The zero-order chi connectivity index (χ0) is 17.8. The fourth-order valence-corrected chi connectivity index (χ4v) is 3.68. The van der Waals surface area contributed by atoms with Crippen LogP contribution in [0.3, 0.4) is 0 Å². The van der Waals surface area contributed by atoms with E-state index in [1.54, 1.807) is 18.2 Å². The van der Waals surface area contributed by atoms with Crippen molar-refractivity contribution in [1.82, 2.24) is 0 Å². The molecule has 1 atom stereocenters. The van der Waals surface area contributed by atoms with Gasteiger partial charge < -0.3 is 0 Å². The average Bonchev–Trinajstić information content (AvgIpc) is 2.62. The van der Waals surface area contributed by atoms with Crippen molar-refractivity contribution in [2.24, 2.45) is 0 Å². The first kappa shape index (κ1) is 17.4. The van der Waals surface area contributed by atoms with Crippen LogP contribution in [-0.2, 0) is 0 Å². The average molecular weight is 350 g/mol. The summed E-state index contributed by atoms with van der Waals surface area (Å²) in [6.07, 6.45) is 0. The van der Waals surface area contributed by atoms with Crippen molar-refractivity contribution in [3.05, 3.63) is 101 Å². The van der Waals surface area contributed by atoms with Gasteiger partial charge in [-0.05, 0) is 31.5 Å². The van der Waals surface area contributed by atoms with Gasteiger partial charge in [-0.15, -0.1) is 11.8 Å². The van der Waals surface area contributed by atoms with E-state index in [1.807, 2.05) is 62.4 Å². The van der Waals surface area contributed by atoms with Gasteiger partial charge in [-0.1, -0.05) is 71.8 Å². The molecule has 0 fully saturated rings. The van der Waals surface area contributed by atoms with E-state index in [0.29, 0.717) is 10.5 Å². The first-order valence-electron chi connectivity index (χ1n) is 8.13. The molecule has 0 aliphatic rings. The molecule has 0 saturated heterocycles. The van der Waals surface area contributed by atoms with Crippen LogP contribution in [0.25, 0.3) is 0 Å². The normalized spacial score (nSPS) is 12.0. The molecule has 3 aromatic carbocycles. The Morgan fingerprint density at radius 3 is 2.00 bits per heavy atom. The highest BCUT2D eigenvalue weighted by Gasteiger charge is 2.24. The first-order chi connectivity index (χ1) is 12.0. The van der Waals surface area contributed by atoms with Crippen molar-refractivity contribution in [1.29, 1.82) is 0 Å². The highest BCUT2D eigenvalue weighted by Crippen LogP contribution is 2.39. The number of hydrogen-bond acceptors (Lipinski definition) is 2. The van der Waals surface area contributed by atoms with E-state index in [1.165, 1.54) is 17.8 Å². The summed E-state index contributed by atoms with van der Waals surface area (Å²) in [6, 6.07) is 21.9. The Morgan fingerprint density at radius 1 is 0.840 bits per heavy atom. The van der Waals surface area contributed by atoms with Crippen LogP contribution < -0.4 is 0 Å². The van der Waals surface area contributed by atoms with Crippen LogP contribution in [0, 0.1) is 19.7 Å². The number of thioether (sulfide) groups is 1. The van der Waals surface area contributed by atoms with Gasteiger partial charge in [-0.2, -0.15) is 0 Å². The van der Waals surface area contributed by atoms with Gasteiger partial charge in [0.1, 0.15) is 5.82 Å². The van der Waals surface area contributed by atoms with Crippen molar-refractivity contribution >= 4 is 17.5 Å². The van der Waals surface area contributed by atoms with Crippen LogP contribution in [0.5, 0.6) is 0 Å². The molecule has 3 rings (SSSR count). The molecule has 0 spiro atoms. The Morgan fingerprint density at radius 2 is 1.40 bits per heavy atom. The van der Waals surface area contributed by atoms with E-state index in [0.717, 1.165) is 16.7 Å². The Labute approximate surface area is 151 Å². The standard InChI is InChI=1S/C22H19FOS/c1-15-7-11-17(12-8-15)21(24)22(18-13-9-16(2)10-14-18)25-20-6-4-3-5-19(20)23/h3-14,22H,1-2H3/t22-/m0/s1. The number of benzene rings is 3. The number of aryl methyl sites for hydroxylation is 2. The van der Waals surface area contributed by atoms with Crippen LogP contribution in [0.2, 0.25) is 0 Å². The van der Waals surface area contributed by atoms with E-state index in [2.05, 4.69) is 0 Å². The van der Waals surface area contributed by atoms with Crippen molar-refractivity contribution < 1.29 is 9.18 Å². The SMILES string of the molecule is Cc1ccc(C(=O)[C@@H](Sc2ccccc2F)c2ccc(C)cc2)cc1. The number of Topliss-reactive ketones (excluding diaryl/α,β-unsaturated/α-hetero) is 1. The fraction of sp³-hybridized carbons (Fsp3) is 0.136. The highest BCUT2D eigenvalue weighted by molar-refractivity contribution is 8.00. The molecule has 0 radical (unpaired) electrons. The third-order valence-electron chi connectivity index (χ3n) is 4.04. The van der Waals surface area contributed by atoms with Gasteiger partial charge >= 0.3 is 0 Å². The van der Waals surface area contributed by atoms with E-state index in [9.17, 15) is 9.18 Å². The van der Waals surface area contributed by atoms with Crippen LogP contribution in [0.15, 0.2) is 77.7 Å². The summed E-state index contributed by atoms with van der Waals surface area (Å²) in [7, 11) is 0. The summed E-state index contributed by atoms with van der Waals surface area (Å²) >= 11 is 1.26. The minimum absolute atomic E-state index is 0.0166. The topological polar surface area (TPSA) is 17.1 Å². The molecular weight excluding hydrogens is 331 g/mol. The van der Waals surface area contributed by atoms with Crippen molar-refractivity contribution in [2.45, 2.75) is 24.0 Å². The highest BCUT2D eigenvalue weighted by atomic mass is 32.2. The maximum absolute atomic E-state index is 14.1. The molecule has 0 N–H and O–H groups in total. The summed E-state index contributed by atoms with van der Waals surface area (Å²) in [5, 5.41) is -0.486. The first-order valence-corrected chi connectivity index (χ1v) is 9.01. The second kappa shape index (κ2) is 7.66. The molecule has 0 saturated carbocycles. The molecule has 0 amide bonds. The maximum atomic E-state index is 14.1. The van der Waals surface area contributed by atoms with Gasteiger partial charge in [0, 0.05) is 10.5 Å². The van der Waals surface area contributed by atoms with Crippen LogP contribution in [0.1, 0.15) is 32.3 Å². The predicted octanol–water partition coefficient (Wildman–Crippen LogP) is 6.16. The molecule has 0 bridgehead atoms. The smallest absolute Gasteiger partial charge is 0.180 e. The molecule has 1 nitrogen and oxygen atoms in total. The van der Waals surface area contributed by atoms with E-state index in [4.69, 9.17) is 0 Å². The fourth-order valence-electron chi connectivity index (χ4n) is 2.55. The third-order valence-corrected chi connectivity index (χ3v) is 5.34.